The maximum atomic E-state index is 12.9. The summed E-state index contributed by atoms with van der Waals surface area (Å²) in [6.45, 7) is 1.04. The number of sulfonamides is 1. The first-order valence-corrected chi connectivity index (χ1v) is 11.5. The molecular weight excluding hydrogens is 396 g/mol. The summed E-state index contributed by atoms with van der Waals surface area (Å²) in [6, 6.07) is 12.4. The van der Waals surface area contributed by atoms with Crippen molar-refractivity contribution in [3.05, 3.63) is 64.2 Å². The second-order valence-corrected chi connectivity index (χ2v) is 9.72. The standard InChI is InChI=1S/C21H23ClN2O3S/c22-19-11-10-16(28(26,27)24-12-3-4-13-24)14-18(19)21(25)23-20-9-5-7-15-6-1-2-8-17(15)20/h1-2,6,8,10-11,14,20H,3-5,7,9,12-13H2,(H,23,25)/t20-/m1/s1. The fourth-order valence-electron chi connectivity index (χ4n) is 4.06. The topological polar surface area (TPSA) is 66.5 Å². The summed E-state index contributed by atoms with van der Waals surface area (Å²) in [5.41, 5.74) is 2.57. The van der Waals surface area contributed by atoms with E-state index in [4.69, 9.17) is 11.6 Å². The number of hydrogen-bond donors (Lipinski definition) is 1. The van der Waals surface area contributed by atoms with Crippen LogP contribution in [0.2, 0.25) is 5.02 Å². The monoisotopic (exact) mass is 418 g/mol. The third-order valence-electron chi connectivity index (χ3n) is 5.56. The molecule has 0 radical (unpaired) electrons. The molecule has 5 nitrogen and oxygen atoms in total. The lowest BCUT2D eigenvalue weighted by Gasteiger charge is -2.26. The van der Waals surface area contributed by atoms with Crippen LogP contribution < -0.4 is 5.32 Å². The Balaban J connectivity index is 1.60. The van der Waals surface area contributed by atoms with Gasteiger partial charge in [0.25, 0.3) is 5.91 Å². The predicted molar refractivity (Wildman–Crippen MR) is 109 cm³/mol. The van der Waals surface area contributed by atoms with Gasteiger partial charge in [-0.1, -0.05) is 35.9 Å². The number of rotatable bonds is 4. The Hall–Kier alpha value is -1.89. The number of benzene rings is 2. The highest BCUT2D eigenvalue weighted by Gasteiger charge is 2.29. The number of carbonyl (C=O) groups is 1. The Morgan fingerprint density at radius 3 is 2.61 bits per heavy atom. The van der Waals surface area contributed by atoms with Gasteiger partial charge in [-0.2, -0.15) is 4.31 Å². The zero-order valence-electron chi connectivity index (χ0n) is 15.5. The third-order valence-corrected chi connectivity index (χ3v) is 7.78. The molecule has 1 amide bonds. The van der Waals surface area contributed by atoms with Crippen LogP contribution in [0.15, 0.2) is 47.4 Å². The van der Waals surface area contributed by atoms with Crippen molar-refractivity contribution < 1.29 is 13.2 Å². The van der Waals surface area contributed by atoms with Gasteiger partial charge in [0.15, 0.2) is 0 Å². The fraction of sp³-hybridized carbons (Fsp3) is 0.381. The van der Waals surface area contributed by atoms with Crippen LogP contribution in [-0.2, 0) is 16.4 Å². The number of halogens is 1. The van der Waals surface area contributed by atoms with Gasteiger partial charge in [-0.05, 0) is 61.4 Å². The van der Waals surface area contributed by atoms with E-state index < -0.39 is 10.0 Å². The molecule has 1 atom stereocenters. The van der Waals surface area contributed by atoms with E-state index in [1.54, 1.807) is 0 Å². The quantitative estimate of drug-likeness (QED) is 0.817. The highest BCUT2D eigenvalue weighted by molar-refractivity contribution is 7.89. The first kappa shape index (κ1) is 19.4. The van der Waals surface area contributed by atoms with Gasteiger partial charge in [0.2, 0.25) is 10.0 Å². The maximum Gasteiger partial charge on any atom is 0.253 e. The molecule has 0 saturated carbocycles. The third kappa shape index (κ3) is 3.69. The van der Waals surface area contributed by atoms with E-state index >= 15 is 0 Å². The molecule has 0 unspecified atom stereocenters. The number of fused-ring (bicyclic) bond motifs is 1. The van der Waals surface area contributed by atoms with Crippen molar-refractivity contribution in [3.8, 4) is 0 Å². The largest absolute Gasteiger partial charge is 0.345 e. The molecule has 1 aliphatic carbocycles. The van der Waals surface area contributed by atoms with Crippen LogP contribution in [0.5, 0.6) is 0 Å². The minimum Gasteiger partial charge on any atom is -0.345 e. The average Bonchev–Trinajstić information content (AvgIpc) is 3.24. The Morgan fingerprint density at radius 1 is 1.07 bits per heavy atom. The molecule has 0 spiro atoms. The van der Waals surface area contributed by atoms with E-state index in [9.17, 15) is 13.2 Å². The second-order valence-electron chi connectivity index (χ2n) is 7.37. The molecular formula is C21H23ClN2O3S. The van der Waals surface area contributed by atoms with Gasteiger partial charge in [-0.25, -0.2) is 8.42 Å². The Labute approximate surface area is 170 Å². The normalized spacial score (nSPS) is 20.0. The minimum absolute atomic E-state index is 0.0904. The summed E-state index contributed by atoms with van der Waals surface area (Å²) in [5.74, 6) is -0.342. The highest BCUT2D eigenvalue weighted by Crippen LogP contribution is 2.31. The fourth-order valence-corrected chi connectivity index (χ4v) is 5.80. The van der Waals surface area contributed by atoms with Crippen LogP contribution in [0.4, 0.5) is 0 Å². The van der Waals surface area contributed by atoms with Gasteiger partial charge in [0.1, 0.15) is 0 Å². The summed E-state index contributed by atoms with van der Waals surface area (Å²) in [5, 5.41) is 3.30. The van der Waals surface area contributed by atoms with Crippen LogP contribution in [-0.4, -0.2) is 31.7 Å². The molecule has 1 fully saturated rings. The van der Waals surface area contributed by atoms with E-state index in [0.717, 1.165) is 37.7 Å². The molecule has 4 rings (SSSR count). The summed E-state index contributed by atoms with van der Waals surface area (Å²) in [7, 11) is -3.60. The molecule has 2 aliphatic rings. The van der Waals surface area contributed by atoms with Gasteiger partial charge >= 0.3 is 0 Å². The Kier molecular flexibility index (Phi) is 5.45. The zero-order valence-corrected chi connectivity index (χ0v) is 17.1. The molecule has 0 aromatic heterocycles. The average molecular weight is 419 g/mol. The van der Waals surface area contributed by atoms with Gasteiger partial charge in [0.05, 0.1) is 21.5 Å². The van der Waals surface area contributed by atoms with Crippen LogP contribution in [0, 0.1) is 0 Å². The molecule has 1 N–H and O–H groups in total. The molecule has 1 heterocycles. The van der Waals surface area contributed by atoms with Crippen molar-refractivity contribution >= 4 is 27.5 Å². The summed E-state index contributed by atoms with van der Waals surface area (Å²) in [4.78, 5) is 13.1. The smallest absolute Gasteiger partial charge is 0.253 e. The number of hydrogen-bond acceptors (Lipinski definition) is 3. The summed E-state index contributed by atoms with van der Waals surface area (Å²) in [6.07, 6.45) is 4.58. The molecule has 28 heavy (non-hydrogen) atoms. The molecule has 1 aliphatic heterocycles. The van der Waals surface area contributed by atoms with Crippen molar-refractivity contribution in [2.45, 2.75) is 43.0 Å². The van der Waals surface area contributed by atoms with Gasteiger partial charge in [0, 0.05) is 13.1 Å². The number of nitrogens with one attached hydrogen (secondary N) is 1. The minimum atomic E-state index is -3.60. The van der Waals surface area contributed by atoms with Crippen LogP contribution in [0.25, 0.3) is 0 Å². The maximum absolute atomic E-state index is 12.9. The van der Waals surface area contributed by atoms with Crippen molar-refractivity contribution in [2.24, 2.45) is 0 Å². The lowest BCUT2D eigenvalue weighted by molar-refractivity contribution is 0.0932. The molecule has 1 saturated heterocycles. The molecule has 2 aromatic carbocycles. The lowest BCUT2D eigenvalue weighted by atomic mass is 9.87. The van der Waals surface area contributed by atoms with Crippen LogP contribution in [0.3, 0.4) is 0 Å². The highest BCUT2D eigenvalue weighted by atomic mass is 35.5. The van der Waals surface area contributed by atoms with Crippen LogP contribution >= 0.6 is 11.6 Å². The van der Waals surface area contributed by atoms with Gasteiger partial charge < -0.3 is 5.32 Å². The number of carbonyl (C=O) groups excluding carboxylic acids is 1. The number of aryl methyl sites for hydroxylation is 1. The predicted octanol–water partition coefficient (Wildman–Crippen LogP) is 3.93. The van der Waals surface area contributed by atoms with Crippen molar-refractivity contribution in [2.75, 3.05) is 13.1 Å². The Bertz CT molecular complexity index is 1000. The van der Waals surface area contributed by atoms with Crippen molar-refractivity contribution in [3.63, 3.8) is 0 Å². The molecule has 148 valence electrons. The molecule has 0 bridgehead atoms. The van der Waals surface area contributed by atoms with Crippen LogP contribution in [0.1, 0.15) is 53.2 Å². The van der Waals surface area contributed by atoms with E-state index in [0.29, 0.717) is 13.1 Å². The van der Waals surface area contributed by atoms with Crippen molar-refractivity contribution in [1.29, 1.82) is 0 Å². The van der Waals surface area contributed by atoms with Crippen molar-refractivity contribution in [1.82, 2.24) is 9.62 Å². The SMILES string of the molecule is O=C(N[C@@H]1CCCc2ccccc21)c1cc(S(=O)(=O)N2CCCC2)ccc1Cl. The Morgan fingerprint density at radius 2 is 1.82 bits per heavy atom. The summed E-state index contributed by atoms with van der Waals surface area (Å²) < 4.78 is 27.1. The van der Waals surface area contributed by atoms with E-state index in [1.165, 1.54) is 28.1 Å². The lowest BCUT2D eigenvalue weighted by Crippen LogP contribution is -2.32. The zero-order chi connectivity index (χ0) is 19.7. The second kappa shape index (κ2) is 7.85. The van der Waals surface area contributed by atoms with Gasteiger partial charge in [-0.3, -0.25) is 4.79 Å². The number of nitrogens with zero attached hydrogens (tertiary/aromatic N) is 1. The van der Waals surface area contributed by atoms with E-state index in [2.05, 4.69) is 11.4 Å². The van der Waals surface area contributed by atoms with E-state index in [1.807, 2.05) is 18.2 Å². The first-order valence-electron chi connectivity index (χ1n) is 9.65. The van der Waals surface area contributed by atoms with E-state index in [-0.39, 0.29) is 27.4 Å². The molecule has 2 aromatic rings. The first-order chi connectivity index (χ1) is 13.5. The summed E-state index contributed by atoms with van der Waals surface area (Å²) >= 11 is 6.25. The van der Waals surface area contributed by atoms with Gasteiger partial charge in [-0.15, -0.1) is 0 Å². The molecule has 7 heteroatoms. The number of amides is 1.